The van der Waals surface area contributed by atoms with Gasteiger partial charge in [-0.1, -0.05) is 13.0 Å². The predicted octanol–water partition coefficient (Wildman–Crippen LogP) is 2.39. The first-order chi connectivity index (χ1) is 10.6. The Labute approximate surface area is 132 Å². The van der Waals surface area contributed by atoms with Crippen LogP contribution < -0.4 is 10.2 Å². The molecule has 1 aliphatic rings. The van der Waals surface area contributed by atoms with Crippen LogP contribution in [0.4, 0.5) is 5.82 Å². The van der Waals surface area contributed by atoms with Crippen LogP contribution in [0.3, 0.4) is 0 Å². The minimum absolute atomic E-state index is 0.139. The quantitative estimate of drug-likeness (QED) is 0.906. The van der Waals surface area contributed by atoms with Gasteiger partial charge in [-0.2, -0.15) is 5.26 Å². The molecule has 1 saturated heterocycles. The van der Waals surface area contributed by atoms with Crippen LogP contribution in [0.1, 0.15) is 43.9 Å². The maximum Gasteiger partial charge on any atom is 0.219 e. The lowest BCUT2D eigenvalue weighted by molar-refractivity contribution is -0.121. The first kappa shape index (κ1) is 16.3. The third kappa shape index (κ3) is 4.20. The highest BCUT2D eigenvalue weighted by Crippen LogP contribution is 2.22. The molecule has 1 aliphatic heterocycles. The molecule has 2 rings (SSSR count). The van der Waals surface area contributed by atoms with Gasteiger partial charge in [0.2, 0.25) is 5.91 Å². The lowest BCUT2D eigenvalue weighted by atomic mass is 9.98. The molecule has 0 radical (unpaired) electrons. The molecular weight excluding hydrogens is 276 g/mol. The average Bonchev–Trinajstić information content (AvgIpc) is 2.54. The summed E-state index contributed by atoms with van der Waals surface area (Å²) in [6, 6.07) is 6.08. The van der Waals surface area contributed by atoms with E-state index in [1.54, 1.807) is 0 Å². The molecule has 5 nitrogen and oxygen atoms in total. The monoisotopic (exact) mass is 300 g/mol. The van der Waals surface area contributed by atoms with Crippen molar-refractivity contribution < 1.29 is 4.79 Å². The predicted molar refractivity (Wildman–Crippen MR) is 86.5 cm³/mol. The summed E-state index contributed by atoms with van der Waals surface area (Å²) >= 11 is 0. The van der Waals surface area contributed by atoms with Crippen molar-refractivity contribution in [2.24, 2.45) is 5.92 Å². The number of aryl methyl sites for hydroxylation is 1. The van der Waals surface area contributed by atoms with Gasteiger partial charge in [0.1, 0.15) is 17.6 Å². The van der Waals surface area contributed by atoms with E-state index in [-0.39, 0.29) is 5.91 Å². The SMILES string of the molecule is CCCC(=O)NCC1CCCN(c2ccc(C)c(C#N)n2)C1. The smallest absolute Gasteiger partial charge is 0.219 e. The summed E-state index contributed by atoms with van der Waals surface area (Å²) in [5, 5.41) is 12.1. The fraction of sp³-hybridized carbons (Fsp3) is 0.588. The van der Waals surface area contributed by atoms with Crippen LogP contribution in [0.25, 0.3) is 0 Å². The van der Waals surface area contributed by atoms with E-state index in [4.69, 9.17) is 5.26 Å². The third-order valence-electron chi connectivity index (χ3n) is 4.10. The molecule has 0 aromatic carbocycles. The van der Waals surface area contributed by atoms with Crippen LogP contribution in [-0.2, 0) is 4.79 Å². The number of nitrogens with zero attached hydrogens (tertiary/aromatic N) is 3. The first-order valence-electron chi connectivity index (χ1n) is 8.03. The molecule has 5 heteroatoms. The zero-order valence-corrected chi connectivity index (χ0v) is 13.4. The second-order valence-electron chi connectivity index (χ2n) is 5.96. The molecule has 1 fully saturated rings. The molecule has 1 amide bonds. The van der Waals surface area contributed by atoms with Crippen LogP contribution in [0.5, 0.6) is 0 Å². The van der Waals surface area contributed by atoms with Crippen molar-refractivity contribution >= 4 is 11.7 Å². The van der Waals surface area contributed by atoms with Crippen molar-refractivity contribution in [2.45, 2.75) is 39.5 Å². The minimum atomic E-state index is 0.139. The topological polar surface area (TPSA) is 69.0 Å². The number of piperidine rings is 1. The standard InChI is InChI=1S/C17H24N4O/c1-3-5-17(22)19-11-14-6-4-9-21(12-14)16-8-7-13(2)15(10-18)20-16/h7-8,14H,3-6,9,11-12H2,1-2H3,(H,19,22). The Hall–Kier alpha value is -2.09. The zero-order chi connectivity index (χ0) is 15.9. The van der Waals surface area contributed by atoms with Gasteiger partial charge in [-0.25, -0.2) is 4.98 Å². The summed E-state index contributed by atoms with van der Waals surface area (Å²) in [5.41, 5.74) is 1.41. The summed E-state index contributed by atoms with van der Waals surface area (Å²) in [7, 11) is 0. The maximum atomic E-state index is 11.6. The molecule has 22 heavy (non-hydrogen) atoms. The Balaban J connectivity index is 1.96. The Kier molecular flexibility index (Phi) is 5.76. The molecule has 0 bridgehead atoms. The molecule has 0 saturated carbocycles. The number of amides is 1. The van der Waals surface area contributed by atoms with Gasteiger partial charge in [-0.3, -0.25) is 4.79 Å². The first-order valence-corrected chi connectivity index (χ1v) is 8.03. The van der Waals surface area contributed by atoms with Gasteiger partial charge >= 0.3 is 0 Å². The Morgan fingerprint density at radius 3 is 3.09 bits per heavy atom. The van der Waals surface area contributed by atoms with Gasteiger partial charge in [0, 0.05) is 26.1 Å². The lowest BCUT2D eigenvalue weighted by Gasteiger charge is -2.33. The van der Waals surface area contributed by atoms with Crippen molar-refractivity contribution in [3.8, 4) is 6.07 Å². The van der Waals surface area contributed by atoms with Crippen LogP contribution >= 0.6 is 0 Å². The van der Waals surface area contributed by atoms with Gasteiger partial charge < -0.3 is 10.2 Å². The number of nitrogens with one attached hydrogen (secondary N) is 1. The van der Waals surface area contributed by atoms with Crippen molar-refractivity contribution in [2.75, 3.05) is 24.5 Å². The maximum absolute atomic E-state index is 11.6. The molecule has 1 atom stereocenters. The highest BCUT2D eigenvalue weighted by Gasteiger charge is 2.21. The van der Waals surface area contributed by atoms with Crippen molar-refractivity contribution in [3.63, 3.8) is 0 Å². The van der Waals surface area contributed by atoms with Gasteiger partial charge in [-0.05, 0) is 43.7 Å². The van der Waals surface area contributed by atoms with Gasteiger partial charge in [0.25, 0.3) is 0 Å². The number of pyridine rings is 1. The van der Waals surface area contributed by atoms with E-state index in [1.807, 2.05) is 26.0 Å². The number of aromatic nitrogens is 1. The van der Waals surface area contributed by atoms with Crippen LogP contribution in [0.2, 0.25) is 0 Å². The van der Waals surface area contributed by atoms with Crippen molar-refractivity contribution in [1.29, 1.82) is 5.26 Å². The molecule has 0 spiro atoms. The largest absolute Gasteiger partial charge is 0.356 e. The number of rotatable bonds is 5. The second kappa shape index (κ2) is 7.79. The summed E-state index contributed by atoms with van der Waals surface area (Å²) in [6.45, 7) is 6.48. The van der Waals surface area contributed by atoms with E-state index in [2.05, 4.69) is 21.3 Å². The number of hydrogen-bond donors (Lipinski definition) is 1. The summed E-state index contributed by atoms with van der Waals surface area (Å²) in [5.74, 6) is 1.45. The highest BCUT2D eigenvalue weighted by molar-refractivity contribution is 5.75. The molecule has 1 unspecified atom stereocenters. The fourth-order valence-electron chi connectivity index (χ4n) is 2.82. The normalized spacial score (nSPS) is 17.9. The van der Waals surface area contributed by atoms with Crippen molar-refractivity contribution in [3.05, 3.63) is 23.4 Å². The van der Waals surface area contributed by atoms with E-state index in [9.17, 15) is 4.79 Å². The fourth-order valence-corrected chi connectivity index (χ4v) is 2.82. The molecular formula is C17H24N4O. The van der Waals surface area contributed by atoms with E-state index in [0.717, 1.165) is 50.3 Å². The summed E-state index contributed by atoms with van der Waals surface area (Å²) in [4.78, 5) is 18.3. The molecule has 2 heterocycles. The molecule has 0 aliphatic carbocycles. The van der Waals surface area contributed by atoms with Gasteiger partial charge in [0.15, 0.2) is 0 Å². The van der Waals surface area contributed by atoms with Crippen LogP contribution in [0.15, 0.2) is 12.1 Å². The number of carbonyl (C=O) groups is 1. The number of hydrogen-bond acceptors (Lipinski definition) is 4. The third-order valence-corrected chi connectivity index (χ3v) is 4.10. The van der Waals surface area contributed by atoms with E-state index < -0.39 is 0 Å². The average molecular weight is 300 g/mol. The zero-order valence-electron chi connectivity index (χ0n) is 13.4. The number of nitriles is 1. The minimum Gasteiger partial charge on any atom is -0.356 e. The Bertz CT molecular complexity index is 564. The second-order valence-corrected chi connectivity index (χ2v) is 5.96. The highest BCUT2D eigenvalue weighted by atomic mass is 16.1. The van der Waals surface area contributed by atoms with Gasteiger partial charge in [-0.15, -0.1) is 0 Å². The Morgan fingerprint density at radius 2 is 2.36 bits per heavy atom. The van der Waals surface area contributed by atoms with E-state index in [0.29, 0.717) is 18.0 Å². The number of carbonyl (C=O) groups excluding carboxylic acids is 1. The van der Waals surface area contributed by atoms with Gasteiger partial charge in [0.05, 0.1) is 0 Å². The van der Waals surface area contributed by atoms with E-state index >= 15 is 0 Å². The lowest BCUT2D eigenvalue weighted by Crippen LogP contribution is -2.41. The molecule has 118 valence electrons. The molecule has 1 N–H and O–H groups in total. The van der Waals surface area contributed by atoms with Crippen LogP contribution in [0, 0.1) is 24.2 Å². The van der Waals surface area contributed by atoms with Crippen LogP contribution in [-0.4, -0.2) is 30.5 Å². The Morgan fingerprint density at radius 1 is 1.55 bits per heavy atom. The summed E-state index contributed by atoms with van der Waals surface area (Å²) < 4.78 is 0. The number of anilines is 1. The summed E-state index contributed by atoms with van der Waals surface area (Å²) in [6.07, 6.45) is 3.69. The molecule has 1 aromatic rings. The van der Waals surface area contributed by atoms with Crippen molar-refractivity contribution in [1.82, 2.24) is 10.3 Å². The molecule has 1 aromatic heterocycles. The van der Waals surface area contributed by atoms with E-state index in [1.165, 1.54) is 0 Å².